The first-order chi connectivity index (χ1) is 8.75. The van der Waals surface area contributed by atoms with Gasteiger partial charge < -0.3 is 10.6 Å². The summed E-state index contributed by atoms with van der Waals surface area (Å²) in [5.74, 6) is 0.130. The molecule has 4 heteroatoms. The van der Waals surface area contributed by atoms with Gasteiger partial charge in [0.1, 0.15) is 0 Å². The molecule has 0 bridgehead atoms. The molecule has 1 saturated carbocycles. The van der Waals surface area contributed by atoms with Crippen molar-refractivity contribution < 1.29 is 4.79 Å². The van der Waals surface area contributed by atoms with Crippen molar-refractivity contribution in [1.82, 2.24) is 10.6 Å². The second kappa shape index (κ2) is 6.90. The average Bonchev–Trinajstić information content (AvgIpc) is 2.91. The highest BCUT2D eigenvalue weighted by atomic mass is 32.1. The molecule has 1 aromatic rings. The van der Waals surface area contributed by atoms with Gasteiger partial charge in [-0.25, -0.2) is 0 Å². The van der Waals surface area contributed by atoms with Crippen LogP contribution in [0.4, 0.5) is 0 Å². The van der Waals surface area contributed by atoms with Crippen LogP contribution < -0.4 is 10.6 Å². The summed E-state index contributed by atoms with van der Waals surface area (Å²) < 4.78 is 0. The van der Waals surface area contributed by atoms with Gasteiger partial charge >= 0.3 is 0 Å². The highest BCUT2D eigenvalue weighted by molar-refractivity contribution is 7.10. The van der Waals surface area contributed by atoms with Crippen LogP contribution in [0, 0.1) is 0 Å². The van der Waals surface area contributed by atoms with Gasteiger partial charge in [0, 0.05) is 17.0 Å². The molecule has 0 saturated heterocycles. The molecule has 1 amide bonds. The molecule has 1 unspecified atom stereocenters. The van der Waals surface area contributed by atoms with Gasteiger partial charge in [0.15, 0.2) is 0 Å². The van der Waals surface area contributed by atoms with E-state index in [1.54, 1.807) is 11.3 Å². The van der Waals surface area contributed by atoms with Crippen molar-refractivity contribution in [3.05, 3.63) is 22.4 Å². The number of carbonyl (C=O) groups excluding carboxylic acids is 1. The highest BCUT2D eigenvalue weighted by Crippen LogP contribution is 2.18. The fourth-order valence-electron chi connectivity index (χ4n) is 2.41. The molecule has 1 heterocycles. The van der Waals surface area contributed by atoms with Gasteiger partial charge in [-0.1, -0.05) is 25.3 Å². The Morgan fingerprint density at radius 2 is 2.22 bits per heavy atom. The van der Waals surface area contributed by atoms with Crippen LogP contribution in [0.15, 0.2) is 17.5 Å². The molecule has 0 aliphatic heterocycles. The fourth-order valence-corrected chi connectivity index (χ4v) is 3.17. The van der Waals surface area contributed by atoms with Gasteiger partial charge in [0.25, 0.3) is 0 Å². The summed E-state index contributed by atoms with van der Waals surface area (Å²) >= 11 is 1.72. The van der Waals surface area contributed by atoms with Crippen molar-refractivity contribution in [1.29, 1.82) is 0 Å². The normalized spacial score (nSPS) is 18.5. The maximum absolute atomic E-state index is 11.8. The van der Waals surface area contributed by atoms with Crippen molar-refractivity contribution in [2.24, 2.45) is 0 Å². The summed E-state index contributed by atoms with van der Waals surface area (Å²) in [5, 5.41) is 8.46. The van der Waals surface area contributed by atoms with Crippen molar-refractivity contribution in [3.8, 4) is 0 Å². The molecule has 2 N–H and O–H groups in total. The first kappa shape index (κ1) is 13.6. The fraction of sp³-hybridized carbons (Fsp3) is 0.643. The van der Waals surface area contributed by atoms with Gasteiger partial charge in [-0.15, -0.1) is 11.3 Å². The molecule has 1 atom stereocenters. The number of rotatable bonds is 5. The molecule has 1 aromatic heterocycles. The van der Waals surface area contributed by atoms with E-state index in [1.807, 2.05) is 6.07 Å². The van der Waals surface area contributed by atoms with E-state index >= 15 is 0 Å². The second-order valence-electron chi connectivity index (χ2n) is 5.02. The maximum Gasteiger partial charge on any atom is 0.234 e. The number of thiophene rings is 1. The van der Waals surface area contributed by atoms with Crippen LogP contribution in [-0.4, -0.2) is 18.5 Å². The maximum atomic E-state index is 11.8. The standard InChI is InChI=1S/C14H22N2OS/c1-11(13-8-5-9-18-13)15-10-14(17)16-12-6-3-2-4-7-12/h5,8-9,11-12,15H,2-4,6-7,10H2,1H3,(H,16,17). The van der Waals surface area contributed by atoms with Crippen LogP contribution in [0.2, 0.25) is 0 Å². The molecule has 0 spiro atoms. The number of carbonyl (C=O) groups is 1. The lowest BCUT2D eigenvalue weighted by Crippen LogP contribution is -2.41. The third kappa shape index (κ3) is 4.10. The molecule has 2 rings (SSSR count). The van der Waals surface area contributed by atoms with Crippen LogP contribution in [0.3, 0.4) is 0 Å². The molecular formula is C14H22N2OS. The molecule has 1 fully saturated rings. The molecule has 18 heavy (non-hydrogen) atoms. The summed E-state index contributed by atoms with van der Waals surface area (Å²) in [6.07, 6.45) is 6.12. The number of amides is 1. The quantitative estimate of drug-likeness (QED) is 0.860. The summed E-state index contributed by atoms with van der Waals surface area (Å²) in [4.78, 5) is 13.1. The Hall–Kier alpha value is -0.870. The molecule has 0 radical (unpaired) electrons. The van der Waals surface area contributed by atoms with Crippen molar-refractivity contribution in [3.63, 3.8) is 0 Å². The van der Waals surface area contributed by atoms with E-state index in [-0.39, 0.29) is 11.9 Å². The predicted octanol–water partition coefficient (Wildman–Crippen LogP) is 2.85. The second-order valence-corrected chi connectivity index (χ2v) is 6.00. The minimum absolute atomic E-state index is 0.130. The van der Waals surface area contributed by atoms with Crippen LogP contribution in [-0.2, 0) is 4.79 Å². The first-order valence-electron chi connectivity index (χ1n) is 6.82. The SMILES string of the molecule is CC(NCC(=O)NC1CCCCC1)c1cccs1. The Labute approximate surface area is 113 Å². The molecule has 1 aliphatic rings. The number of hydrogen-bond acceptors (Lipinski definition) is 3. The van der Waals surface area contributed by atoms with E-state index in [9.17, 15) is 4.79 Å². The van der Waals surface area contributed by atoms with Gasteiger partial charge in [-0.05, 0) is 31.2 Å². The monoisotopic (exact) mass is 266 g/mol. The highest BCUT2D eigenvalue weighted by Gasteiger charge is 2.16. The van der Waals surface area contributed by atoms with Gasteiger partial charge in [-0.2, -0.15) is 0 Å². The molecule has 100 valence electrons. The number of hydrogen-bond donors (Lipinski definition) is 2. The van der Waals surface area contributed by atoms with E-state index in [0.29, 0.717) is 12.6 Å². The van der Waals surface area contributed by atoms with Crippen LogP contribution in [0.5, 0.6) is 0 Å². The van der Waals surface area contributed by atoms with Gasteiger partial charge in [0.2, 0.25) is 5.91 Å². The van der Waals surface area contributed by atoms with Crippen LogP contribution >= 0.6 is 11.3 Å². The molecule has 3 nitrogen and oxygen atoms in total. The third-order valence-corrected chi connectivity index (χ3v) is 4.56. The van der Waals surface area contributed by atoms with Crippen molar-refractivity contribution >= 4 is 17.2 Å². The zero-order valence-electron chi connectivity index (χ0n) is 10.9. The largest absolute Gasteiger partial charge is 0.352 e. The van der Waals surface area contributed by atoms with Crippen molar-refractivity contribution in [2.45, 2.75) is 51.1 Å². The molecular weight excluding hydrogens is 244 g/mol. The van der Waals surface area contributed by atoms with Crippen LogP contribution in [0.25, 0.3) is 0 Å². The smallest absolute Gasteiger partial charge is 0.234 e. The summed E-state index contributed by atoms with van der Waals surface area (Å²) in [5.41, 5.74) is 0. The van der Waals surface area contributed by atoms with E-state index < -0.39 is 0 Å². The molecule has 1 aliphatic carbocycles. The summed E-state index contributed by atoms with van der Waals surface area (Å²) in [6, 6.07) is 4.80. The minimum Gasteiger partial charge on any atom is -0.352 e. The Kier molecular flexibility index (Phi) is 5.20. The van der Waals surface area contributed by atoms with E-state index in [2.05, 4.69) is 29.0 Å². The van der Waals surface area contributed by atoms with E-state index in [1.165, 1.54) is 24.1 Å². The van der Waals surface area contributed by atoms with E-state index in [0.717, 1.165) is 12.8 Å². The zero-order valence-corrected chi connectivity index (χ0v) is 11.8. The summed E-state index contributed by atoms with van der Waals surface area (Å²) in [6.45, 7) is 2.51. The van der Waals surface area contributed by atoms with Gasteiger partial charge in [0.05, 0.1) is 6.54 Å². The minimum atomic E-state index is 0.130. The number of nitrogens with one attached hydrogen (secondary N) is 2. The lowest BCUT2D eigenvalue weighted by molar-refractivity contribution is -0.121. The zero-order chi connectivity index (χ0) is 12.8. The Balaban J connectivity index is 1.68. The van der Waals surface area contributed by atoms with Crippen LogP contribution in [0.1, 0.15) is 49.9 Å². The lowest BCUT2D eigenvalue weighted by atomic mass is 9.95. The van der Waals surface area contributed by atoms with E-state index in [4.69, 9.17) is 0 Å². The lowest BCUT2D eigenvalue weighted by Gasteiger charge is -2.23. The van der Waals surface area contributed by atoms with Crippen molar-refractivity contribution in [2.75, 3.05) is 6.54 Å². The average molecular weight is 266 g/mol. The first-order valence-corrected chi connectivity index (χ1v) is 7.70. The topological polar surface area (TPSA) is 41.1 Å². The van der Waals surface area contributed by atoms with Gasteiger partial charge in [-0.3, -0.25) is 4.79 Å². The molecule has 0 aromatic carbocycles. The Morgan fingerprint density at radius 1 is 1.44 bits per heavy atom. The Morgan fingerprint density at radius 3 is 2.89 bits per heavy atom. The summed E-state index contributed by atoms with van der Waals surface area (Å²) in [7, 11) is 0. The Bertz CT molecular complexity index is 358. The predicted molar refractivity (Wildman–Crippen MR) is 75.8 cm³/mol. The third-order valence-electron chi connectivity index (χ3n) is 3.51.